The van der Waals surface area contributed by atoms with Gasteiger partial charge in [0, 0.05) is 18.3 Å². The van der Waals surface area contributed by atoms with Crippen molar-refractivity contribution < 1.29 is 0 Å². The standard InChI is InChI=1S/C19H25N5/c1-14(2)22-23-24-10-9-18(15(3)12-19(24,4)5)21-17-8-6-7-16(11-17)13-20/h6-8,11-12,18,21H,1,9-10H2,2-5H3. The summed E-state index contributed by atoms with van der Waals surface area (Å²) in [5.41, 5.74) is 3.36. The normalized spacial score (nSPS) is 20.2. The lowest BCUT2D eigenvalue weighted by Crippen LogP contribution is -2.38. The first-order chi connectivity index (χ1) is 11.3. The maximum atomic E-state index is 9.05. The van der Waals surface area contributed by atoms with Gasteiger partial charge >= 0.3 is 0 Å². The van der Waals surface area contributed by atoms with Gasteiger partial charge in [-0.1, -0.05) is 29.5 Å². The summed E-state index contributed by atoms with van der Waals surface area (Å²) in [4.78, 5) is 0. The molecule has 0 bridgehead atoms. The molecule has 0 fully saturated rings. The van der Waals surface area contributed by atoms with Crippen LogP contribution < -0.4 is 5.32 Å². The van der Waals surface area contributed by atoms with E-state index in [1.807, 2.05) is 36.2 Å². The van der Waals surface area contributed by atoms with E-state index in [9.17, 15) is 0 Å². The average Bonchev–Trinajstić information content (AvgIpc) is 2.62. The van der Waals surface area contributed by atoms with Crippen LogP contribution in [0, 0.1) is 11.3 Å². The predicted octanol–water partition coefficient (Wildman–Crippen LogP) is 4.67. The highest BCUT2D eigenvalue weighted by Gasteiger charge is 2.29. The second-order valence-electron chi connectivity index (χ2n) is 6.77. The van der Waals surface area contributed by atoms with E-state index in [1.165, 1.54) is 5.57 Å². The minimum Gasteiger partial charge on any atom is -0.378 e. The summed E-state index contributed by atoms with van der Waals surface area (Å²) >= 11 is 0. The zero-order valence-corrected chi connectivity index (χ0v) is 14.9. The van der Waals surface area contributed by atoms with Gasteiger partial charge < -0.3 is 5.32 Å². The molecule has 1 heterocycles. The second kappa shape index (κ2) is 7.31. The van der Waals surface area contributed by atoms with Gasteiger partial charge in [0.15, 0.2) is 0 Å². The van der Waals surface area contributed by atoms with E-state index in [-0.39, 0.29) is 11.6 Å². The Balaban J connectivity index is 2.19. The molecule has 5 nitrogen and oxygen atoms in total. The summed E-state index contributed by atoms with van der Waals surface area (Å²) in [6.07, 6.45) is 3.13. The lowest BCUT2D eigenvalue weighted by molar-refractivity contribution is 0.157. The highest BCUT2D eigenvalue weighted by molar-refractivity contribution is 5.51. The molecule has 1 aromatic rings. The molecule has 5 heteroatoms. The number of hydrogen-bond acceptors (Lipinski definition) is 4. The molecular weight excluding hydrogens is 298 g/mol. The lowest BCUT2D eigenvalue weighted by atomic mass is 9.99. The molecule has 1 N–H and O–H groups in total. The molecule has 24 heavy (non-hydrogen) atoms. The fourth-order valence-corrected chi connectivity index (χ4v) is 2.86. The Bertz CT molecular complexity index is 709. The number of hydrogen-bond donors (Lipinski definition) is 1. The van der Waals surface area contributed by atoms with Gasteiger partial charge in [0.25, 0.3) is 0 Å². The highest BCUT2D eigenvalue weighted by Crippen LogP contribution is 2.27. The summed E-state index contributed by atoms with van der Waals surface area (Å²) in [6, 6.07) is 9.95. The van der Waals surface area contributed by atoms with Crippen LogP contribution in [0.1, 0.15) is 39.7 Å². The fourth-order valence-electron chi connectivity index (χ4n) is 2.86. The first-order valence-corrected chi connectivity index (χ1v) is 8.12. The second-order valence-corrected chi connectivity index (χ2v) is 6.77. The Hall–Kier alpha value is -2.61. The van der Waals surface area contributed by atoms with Crippen molar-refractivity contribution in [3.63, 3.8) is 0 Å². The Morgan fingerprint density at radius 3 is 2.88 bits per heavy atom. The number of allylic oxidation sites excluding steroid dienone is 1. The third-order valence-electron chi connectivity index (χ3n) is 4.08. The van der Waals surface area contributed by atoms with Gasteiger partial charge in [0.05, 0.1) is 22.9 Å². The molecule has 1 unspecified atom stereocenters. The number of nitrogens with zero attached hydrogens (tertiary/aromatic N) is 4. The number of nitriles is 1. The smallest absolute Gasteiger partial charge is 0.0992 e. The number of benzene rings is 1. The van der Waals surface area contributed by atoms with Crippen molar-refractivity contribution in [2.24, 2.45) is 10.3 Å². The summed E-state index contributed by atoms with van der Waals surface area (Å²) < 4.78 is 0. The summed E-state index contributed by atoms with van der Waals surface area (Å²) in [5.74, 6) is 0. The molecule has 0 spiro atoms. The first kappa shape index (κ1) is 17.7. The molecule has 0 saturated heterocycles. The lowest BCUT2D eigenvalue weighted by Gasteiger charge is -2.31. The minimum atomic E-state index is -0.214. The van der Waals surface area contributed by atoms with Crippen molar-refractivity contribution in [2.45, 2.75) is 45.7 Å². The molecule has 1 aliphatic heterocycles. The number of nitrogens with one attached hydrogen (secondary N) is 1. The summed E-state index contributed by atoms with van der Waals surface area (Å²) in [5, 5.41) is 23.0. The molecule has 0 aromatic heterocycles. The van der Waals surface area contributed by atoms with Crippen LogP contribution in [0.3, 0.4) is 0 Å². The van der Waals surface area contributed by atoms with Crippen molar-refractivity contribution in [2.75, 3.05) is 11.9 Å². The van der Waals surface area contributed by atoms with Gasteiger partial charge in [-0.25, -0.2) is 0 Å². The third-order valence-corrected chi connectivity index (χ3v) is 4.08. The topological polar surface area (TPSA) is 63.8 Å². The van der Waals surface area contributed by atoms with Crippen molar-refractivity contribution in [3.8, 4) is 6.07 Å². The van der Waals surface area contributed by atoms with Gasteiger partial charge in [0.1, 0.15) is 0 Å². The van der Waals surface area contributed by atoms with Crippen molar-refractivity contribution in [1.82, 2.24) is 5.01 Å². The number of anilines is 1. The van der Waals surface area contributed by atoms with E-state index in [0.717, 1.165) is 18.7 Å². The SMILES string of the molecule is C=C(C)N=NN1CCC(Nc2cccc(C#N)c2)C(C)=CC1(C)C. The van der Waals surface area contributed by atoms with E-state index >= 15 is 0 Å². The monoisotopic (exact) mass is 323 g/mol. The quantitative estimate of drug-likeness (QED) is 0.647. The average molecular weight is 323 g/mol. The molecule has 2 rings (SSSR count). The molecule has 1 atom stereocenters. The van der Waals surface area contributed by atoms with Crippen molar-refractivity contribution >= 4 is 5.69 Å². The van der Waals surface area contributed by atoms with Crippen LogP contribution in [-0.2, 0) is 0 Å². The number of rotatable bonds is 4. The Kier molecular flexibility index (Phi) is 5.40. The van der Waals surface area contributed by atoms with Gasteiger partial charge in [-0.2, -0.15) is 5.26 Å². The zero-order valence-electron chi connectivity index (χ0n) is 14.9. The maximum Gasteiger partial charge on any atom is 0.0992 e. The molecule has 0 radical (unpaired) electrons. The molecule has 0 saturated carbocycles. The van der Waals surface area contributed by atoms with Crippen LogP contribution in [0.5, 0.6) is 0 Å². The predicted molar refractivity (Wildman–Crippen MR) is 97.4 cm³/mol. The van der Waals surface area contributed by atoms with E-state index in [0.29, 0.717) is 11.3 Å². The Morgan fingerprint density at radius 1 is 1.46 bits per heavy atom. The largest absolute Gasteiger partial charge is 0.378 e. The van der Waals surface area contributed by atoms with Gasteiger partial charge in [-0.15, -0.1) is 5.11 Å². The van der Waals surface area contributed by atoms with Crippen LogP contribution in [-0.4, -0.2) is 23.1 Å². The molecule has 1 aliphatic rings. The third kappa shape index (κ3) is 4.45. The van der Waals surface area contributed by atoms with Crippen LogP contribution in [0.2, 0.25) is 0 Å². The Morgan fingerprint density at radius 2 is 2.21 bits per heavy atom. The Labute approximate surface area is 144 Å². The van der Waals surface area contributed by atoms with E-state index in [1.54, 1.807) is 0 Å². The maximum absolute atomic E-state index is 9.05. The highest BCUT2D eigenvalue weighted by atomic mass is 15.6. The summed E-state index contributed by atoms with van der Waals surface area (Å²) in [7, 11) is 0. The fraction of sp³-hybridized carbons (Fsp3) is 0.421. The van der Waals surface area contributed by atoms with Gasteiger partial charge in [-0.05, 0) is 52.3 Å². The first-order valence-electron chi connectivity index (χ1n) is 8.12. The molecular formula is C19H25N5. The van der Waals surface area contributed by atoms with Gasteiger partial charge in [-0.3, -0.25) is 5.01 Å². The van der Waals surface area contributed by atoms with Crippen molar-refractivity contribution in [3.05, 3.63) is 53.8 Å². The van der Waals surface area contributed by atoms with Crippen LogP contribution in [0.15, 0.2) is 58.5 Å². The van der Waals surface area contributed by atoms with Crippen LogP contribution >= 0.6 is 0 Å². The molecule has 0 aliphatic carbocycles. The van der Waals surface area contributed by atoms with Gasteiger partial charge in [0.2, 0.25) is 0 Å². The van der Waals surface area contributed by atoms with E-state index < -0.39 is 0 Å². The van der Waals surface area contributed by atoms with E-state index in [2.05, 4.69) is 55.1 Å². The van der Waals surface area contributed by atoms with Crippen LogP contribution in [0.25, 0.3) is 0 Å². The minimum absolute atomic E-state index is 0.197. The summed E-state index contributed by atoms with van der Waals surface area (Å²) in [6.45, 7) is 12.8. The van der Waals surface area contributed by atoms with Crippen LogP contribution in [0.4, 0.5) is 5.69 Å². The zero-order chi connectivity index (χ0) is 17.7. The van der Waals surface area contributed by atoms with Crippen molar-refractivity contribution in [1.29, 1.82) is 5.26 Å². The van der Waals surface area contributed by atoms with E-state index in [4.69, 9.17) is 5.26 Å². The molecule has 126 valence electrons. The molecule has 0 amide bonds. The molecule has 1 aromatic carbocycles.